The number of nitrogens with zero attached hydrogens (tertiary/aromatic N) is 4. The number of anilines is 1. The lowest BCUT2D eigenvalue weighted by molar-refractivity contribution is -0.131. The van der Waals surface area contributed by atoms with Gasteiger partial charge in [0, 0.05) is 64.0 Å². The van der Waals surface area contributed by atoms with Crippen LogP contribution in [-0.2, 0) is 9.59 Å². The van der Waals surface area contributed by atoms with Gasteiger partial charge in [-0.15, -0.1) is 24.8 Å². The molecule has 2 amide bonds. The lowest BCUT2D eigenvalue weighted by Gasteiger charge is -2.34. The van der Waals surface area contributed by atoms with Gasteiger partial charge in [0.15, 0.2) is 0 Å². The van der Waals surface area contributed by atoms with Crippen molar-refractivity contribution >= 4 is 42.6 Å². The first-order valence-electron chi connectivity index (χ1n) is 8.34. The maximum atomic E-state index is 12.2. The predicted octanol–water partition coefficient (Wildman–Crippen LogP) is 0.331. The summed E-state index contributed by atoms with van der Waals surface area (Å²) in [6, 6.07) is 1.79. The van der Waals surface area contributed by atoms with Crippen molar-refractivity contribution in [1.29, 1.82) is 0 Å². The van der Waals surface area contributed by atoms with Crippen LogP contribution in [-0.4, -0.2) is 73.0 Å². The summed E-state index contributed by atoms with van der Waals surface area (Å²) in [6.07, 6.45) is 3.77. The van der Waals surface area contributed by atoms with Crippen molar-refractivity contribution in [1.82, 2.24) is 25.5 Å². The Morgan fingerprint density at radius 2 is 1.77 bits per heavy atom. The highest BCUT2D eigenvalue weighted by atomic mass is 35.5. The van der Waals surface area contributed by atoms with Gasteiger partial charge in [-0.05, 0) is 13.1 Å². The van der Waals surface area contributed by atoms with Crippen LogP contribution >= 0.6 is 24.8 Å². The number of halogens is 2. The van der Waals surface area contributed by atoms with Crippen molar-refractivity contribution in [2.24, 2.45) is 5.92 Å². The van der Waals surface area contributed by atoms with Crippen molar-refractivity contribution in [3.05, 3.63) is 18.5 Å². The Bertz CT molecular complexity index is 541. The predicted molar refractivity (Wildman–Crippen MR) is 106 cm³/mol. The Hall–Kier alpha value is -1.64. The quantitative estimate of drug-likeness (QED) is 0.677. The normalized spacial score (nSPS) is 14.7. The Kier molecular flexibility index (Phi) is 11.9. The third-order valence-electron chi connectivity index (χ3n) is 4.06. The number of amides is 2. The van der Waals surface area contributed by atoms with Gasteiger partial charge in [0.25, 0.3) is 0 Å². The topological polar surface area (TPSA) is 90.5 Å². The molecule has 0 aromatic carbocycles. The standard InChI is InChI=1S/C16H26N6O2.2ClH/c1-13(12-17-2)15(24)18-7-4-14(23)21-8-10-22(11-9-21)16-19-5-3-6-20-16;;/h3,5-6,13,17H,4,7-12H2,1-2H3,(H,18,24);2*1H. The molecule has 1 aromatic heterocycles. The average Bonchev–Trinajstić information content (AvgIpc) is 2.62. The number of hydrogen-bond acceptors (Lipinski definition) is 6. The van der Waals surface area contributed by atoms with E-state index >= 15 is 0 Å². The molecule has 148 valence electrons. The van der Waals surface area contributed by atoms with Crippen molar-refractivity contribution in [2.75, 3.05) is 51.2 Å². The summed E-state index contributed by atoms with van der Waals surface area (Å²) in [5, 5.41) is 5.78. The highest BCUT2D eigenvalue weighted by molar-refractivity contribution is 5.85. The zero-order valence-corrected chi connectivity index (χ0v) is 16.8. The van der Waals surface area contributed by atoms with Gasteiger partial charge in [-0.25, -0.2) is 9.97 Å². The first kappa shape index (κ1) is 24.4. The molecule has 2 rings (SSSR count). The fourth-order valence-electron chi connectivity index (χ4n) is 2.63. The van der Waals surface area contributed by atoms with Crippen LogP contribution in [0.1, 0.15) is 13.3 Å². The first-order chi connectivity index (χ1) is 11.6. The summed E-state index contributed by atoms with van der Waals surface area (Å²) >= 11 is 0. The minimum Gasteiger partial charge on any atom is -0.355 e. The number of aromatic nitrogens is 2. The summed E-state index contributed by atoms with van der Waals surface area (Å²) in [5.74, 6) is 0.656. The summed E-state index contributed by atoms with van der Waals surface area (Å²) in [5.41, 5.74) is 0. The van der Waals surface area contributed by atoms with E-state index in [0.717, 1.165) is 13.1 Å². The Morgan fingerprint density at radius 1 is 1.15 bits per heavy atom. The summed E-state index contributed by atoms with van der Waals surface area (Å²) in [7, 11) is 1.81. The first-order valence-corrected chi connectivity index (χ1v) is 8.34. The summed E-state index contributed by atoms with van der Waals surface area (Å²) in [6.45, 7) is 5.63. The molecule has 0 spiro atoms. The van der Waals surface area contributed by atoms with Crippen LogP contribution in [0.25, 0.3) is 0 Å². The van der Waals surface area contributed by atoms with Gasteiger partial charge in [-0.3, -0.25) is 9.59 Å². The van der Waals surface area contributed by atoms with Crippen molar-refractivity contribution in [3.8, 4) is 0 Å². The molecule has 0 aliphatic carbocycles. The zero-order chi connectivity index (χ0) is 17.4. The molecular formula is C16H28Cl2N6O2. The molecule has 1 atom stereocenters. The second-order valence-corrected chi connectivity index (χ2v) is 5.92. The molecule has 2 N–H and O–H groups in total. The molecule has 0 saturated carbocycles. The van der Waals surface area contributed by atoms with Gasteiger partial charge in [0.05, 0.1) is 0 Å². The van der Waals surface area contributed by atoms with Gasteiger partial charge in [-0.2, -0.15) is 0 Å². The highest BCUT2D eigenvalue weighted by Crippen LogP contribution is 2.10. The van der Waals surface area contributed by atoms with E-state index in [-0.39, 0.29) is 42.5 Å². The van der Waals surface area contributed by atoms with Gasteiger partial charge in [0.1, 0.15) is 0 Å². The lowest BCUT2D eigenvalue weighted by atomic mass is 10.1. The third-order valence-corrected chi connectivity index (χ3v) is 4.06. The number of nitrogens with one attached hydrogen (secondary N) is 2. The van der Waals surface area contributed by atoms with Crippen molar-refractivity contribution < 1.29 is 9.59 Å². The molecule has 1 unspecified atom stereocenters. The molecule has 26 heavy (non-hydrogen) atoms. The van der Waals surface area contributed by atoms with Crippen LogP contribution < -0.4 is 15.5 Å². The summed E-state index contributed by atoms with van der Waals surface area (Å²) in [4.78, 5) is 36.4. The molecule has 1 aliphatic rings. The van der Waals surface area contributed by atoms with Crippen LogP contribution in [0, 0.1) is 5.92 Å². The summed E-state index contributed by atoms with van der Waals surface area (Å²) < 4.78 is 0. The van der Waals surface area contributed by atoms with Crippen LogP contribution in [0.3, 0.4) is 0 Å². The second-order valence-electron chi connectivity index (χ2n) is 5.92. The minimum atomic E-state index is -0.0977. The maximum absolute atomic E-state index is 12.2. The van der Waals surface area contributed by atoms with Gasteiger partial charge in [-0.1, -0.05) is 6.92 Å². The van der Waals surface area contributed by atoms with E-state index in [2.05, 4.69) is 25.5 Å². The Morgan fingerprint density at radius 3 is 2.35 bits per heavy atom. The lowest BCUT2D eigenvalue weighted by Crippen LogP contribution is -2.49. The molecule has 1 fully saturated rings. The number of carbonyl (C=O) groups excluding carboxylic acids is 2. The average molecular weight is 407 g/mol. The van der Waals surface area contributed by atoms with E-state index in [0.29, 0.717) is 38.5 Å². The number of hydrogen-bond donors (Lipinski definition) is 2. The fraction of sp³-hybridized carbons (Fsp3) is 0.625. The van der Waals surface area contributed by atoms with E-state index in [1.165, 1.54) is 0 Å². The van der Waals surface area contributed by atoms with Gasteiger partial charge < -0.3 is 20.4 Å². The van der Waals surface area contributed by atoms with Gasteiger partial charge in [0.2, 0.25) is 17.8 Å². The van der Waals surface area contributed by atoms with Crippen LogP contribution in [0.15, 0.2) is 18.5 Å². The van der Waals surface area contributed by atoms with Gasteiger partial charge >= 0.3 is 0 Å². The van der Waals surface area contributed by atoms with E-state index in [4.69, 9.17) is 0 Å². The fourth-order valence-corrected chi connectivity index (χ4v) is 2.63. The molecule has 2 heterocycles. The zero-order valence-electron chi connectivity index (χ0n) is 15.2. The van der Waals surface area contributed by atoms with Crippen molar-refractivity contribution in [3.63, 3.8) is 0 Å². The van der Waals surface area contributed by atoms with Crippen molar-refractivity contribution in [2.45, 2.75) is 13.3 Å². The SMILES string of the molecule is CNCC(C)C(=O)NCCC(=O)N1CCN(c2ncccn2)CC1.Cl.Cl. The van der Waals surface area contributed by atoms with E-state index in [1.54, 1.807) is 18.5 Å². The van der Waals surface area contributed by atoms with Crippen LogP contribution in [0.2, 0.25) is 0 Å². The van der Waals surface area contributed by atoms with E-state index in [1.807, 2.05) is 18.9 Å². The second kappa shape index (κ2) is 12.7. The van der Waals surface area contributed by atoms with Crippen LogP contribution in [0.5, 0.6) is 0 Å². The molecular weight excluding hydrogens is 379 g/mol. The number of rotatable bonds is 7. The number of piperazine rings is 1. The molecule has 1 saturated heterocycles. The molecule has 1 aliphatic heterocycles. The van der Waals surface area contributed by atoms with E-state index < -0.39 is 0 Å². The molecule has 1 aromatic rings. The third kappa shape index (κ3) is 7.31. The van der Waals surface area contributed by atoms with E-state index in [9.17, 15) is 9.59 Å². The molecule has 10 heteroatoms. The molecule has 8 nitrogen and oxygen atoms in total. The Balaban J connectivity index is 0.00000312. The minimum absolute atomic E-state index is 0. The highest BCUT2D eigenvalue weighted by Gasteiger charge is 2.22. The molecule has 0 radical (unpaired) electrons. The smallest absolute Gasteiger partial charge is 0.225 e. The van der Waals surface area contributed by atoms with Crippen LogP contribution in [0.4, 0.5) is 5.95 Å². The number of carbonyl (C=O) groups is 2. The molecule has 0 bridgehead atoms. The maximum Gasteiger partial charge on any atom is 0.225 e. The Labute approximate surface area is 166 Å². The largest absolute Gasteiger partial charge is 0.355 e. The monoisotopic (exact) mass is 406 g/mol.